The second kappa shape index (κ2) is 19.2. The number of rotatable bonds is 13. The van der Waals surface area contributed by atoms with Crippen molar-refractivity contribution in [2.75, 3.05) is 72.0 Å². The number of hydrogen-bond acceptors (Lipinski definition) is 11. The number of carbonyl (C=O) groups is 4. The first-order chi connectivity index (χ1) is 26.4. The maximum absolute atomic E-state index is 14.1. The Balaban J connectivity index is 1.04. The van der Waals surface area contributed by atoms with Gasteiger partial charge in [0.2, 0.25) is 17.7 Å². The number of alkyl carbamates (subject to hydrolysis) is 1. The number of carbonyl (C=O) groups excluding carboxylic acids is 4. The molecule has 15 heteroatoms. The number of piperidine rings is 1. The van der Waals surface area contributed by atoms with E-state index in [1.54, 1.807) is 11.3 Å². The molecule has 2 aromatic rings. The van der Waals surface area contributed by atoms with Gasteiger partial charge in [-0.25, -0.2) is 9.78 Å². The Labute approximate surface area is 336 Å². The number of benzene rings is 1. The van der Waals surface area contributed by atoms with Gasteiger partial charge in [-0.1, -0.05) is 45.0 Å². The molecule has 56 heavy (non-hydrogen) atoms. The Kier molecular flexibility index (Phi) is 14.9. The topological polar surface area (TPSA) is 160 Å². The van der Waals surface area contributed by atoms with Crippen LogP contribution in [0.4, 0.5) is 4.79 Å². The van der Waals surface area contributed by atoms with Gasteiger partial charge in [-0.15, -0.1) is 11.3 Å². The Morgan fingerprint density at radius 1 is 0.929 bits per heavy atom. The molecular formula is C41H64N8O6S. The van der Waals surface area contributed by atoms with Gasteiger partial charge >= 0.3 is 6.09 Å². The normalized spacial score (nSPS) is 21.1. The van der Waals surface area contributed by atoms with Gasteiger partial charge in [0, 0.05) is 65.3 Å². The van der Waals surface area contributed by atoms with Crippen LogP contribution in [0.5, 0.6) is 0 Å². The minimum Gasteiger partial charge on any atom is -0.444 e. The number of β-amino-alcohol motifs (C(OH)–C–C–N with tert-alkyl or cyclic N) is 1. The standard InChI is InChI=1S/C41H64N8O6S/c1-28-35(56-27-44-28)31-10-8-29(9-11-31)23-43-37(52)33-22-32(50)25-49(33)38(53)36(40(2,3)4)45-34(51)26-48-20-18-47(19-21-48)24-30-12-15-46(16-13-30)17-14-42-39(54)55-41(5,6)7/h8-11,27,30,32-33,36,50H,12-26H2,1-7H3,(H,42,54)(H,43,52)(H,45,51)/t32-,33+,36-/m1/s1. The van der Waals surface area contributed by atoms with Crippen molar-refractivity contribution in [3.63, 3.8) is 0 Å². The number of piperazine rings is 1. The second-order valence-electron chi connectivity index (χ2n) is 17.7. The summed E-state index contributed by atoms with van der Waals surface area (Å²) in [5, 5.41) is 19.4. The number of nitrogens with zero attached hydrogens (tertiary/aromatic N) is 5. The van der Waals surface area contributed by atoms with Crippen molar-refractivity contribution in [2.24, 2.45) is 11.3 Å². The van der Waals surface area contributed by atoms with Crippen molar-refractivity contribution in [3.05, 3.63) is 41.0 Å². The van der Waals surface area contributed by atoms with Crippen molar-refractivity contribution in [1.29, 1.82) is 0 Å². The predicted octanol–water partition coefficient (Wildman–Crippen LogP) is 3.08. The molecule has 310 valence electrons. The molecule has 5 rings (SSSR count). The molecule has 0 aliphatic carbocycles. The van der Waals surface area contributed by atoms with Crippen LogP contribution in [0.25, 0.3) is 10.4 Å². The summed E-state index contributed by atoms with van der Waals surface area (Å²) < 4.78 is 5.32. The Bertz CT molecular complexity index is 1620. The smallest absolute Gasteiger partial charge is 0.407 e. The number of hydrogen-bond donors (Lipinski definition) is 4. The van der Waals surface area contributed by atoms with E-state index in [0.717, 1.165) is 86.9 Å². The van der Waals surface area contributed by atoms with Crippen LogP contribution in [-0.2, 0) is 25.7 Å². The van der Waals surface area contributed by atoms with Gasteiger partial charge in [-0.3, -0.25) is 19.3 Å². The van der Waals surface area contributed by atoms with E-state index in [1.165, 1.54) is 4.90 Å². The molecule has 0 saturated carbocycles. The SMILES string of the molecule is Cc1ncsc1-c1ccc(CNC(=O)[C@@H]2C[C@@H](O)CN2C(=O)[C@@H](NC(=O)CN2CCN(CC3CCN(CCNC(=O)OC(C)(C)C)CC3)CC2)C(C)(C)C)cc1. The summed E-state index contributed by atoms with van der Waals surface area (Å²) >= 11 is 1.59. The van der Waals surface area contributed by atoms with Gasteiger partial charge in [-0.2, -0.15) is 0 Å². The summed E-state index contributed by atoms with van der Waals surface area (Å²) in [5.41, 5.74) is 3.67. The van der Waals surface area contributed by atoms with E-state index in [-0.39, 0.29) is 49.9 Å². The molecular weight excluding hydrogens is 733 g/mol. The van der Waals surface area contributed by atoms with Crippen molar-refractivity contribution in [2.45, 2.75) is 98.1 Å². The first kappa shape index (κ1) is 43.5. The lowest BCUT2D eigenvalue weighted by Crippen LogP contribution is -2.59. The summed E-state index contributed by atoms with van der Waals surface area (Å²) in [7, 11) is 0. The van der Waals surface area contributed by atoms with Gasteiger partial charge in [0.25, 0.3) is 0 Å². The minimum atomic E-state index is -0.862. The molecule has 3 aliphatic rings. The lowest BCUT2D eigenvalue weighted by Gasteiger charge is -2.39. The number of likely N-dealkylation sites (tertiary alicyclic amines) is 2. The molecule has 14 nitrogen and oxygen atoms in total. The number of amides is 4. The fourth-order valence-electron chi connectivity index (χ4n) is 7.71. The monoisotopic (exact) mass is 796 g/mol. The highest BCUT2D eigenvalue weighted by atomic mass is 32.1. The summed E-state index contributed by atoms with van der Waals surface area (Å²) in [6.07, 6.45) is 1.18. The van der Waals surface area contributed by atoms with E-state index < -0.39 is 29.2 Å². The van der Waals surface area contributed by atoms with Crippen molar-refractivity contribution < 1.29 is 29.0 Å². The zero-order valence-electron chi connectivity index (χ0n) is 34.4. The molecule has 1 aromatic heterocycles. The van der Waals surface area contributed by atoms with Gasteiger partial charge < -0.3 is 40.5 Å². The van der Waals surface area contributed by atoms with Crippen LogP contribution < -0.4 is 16.0 Å². The largest absolute Gasteiger partial charge is 0.444 e. The third-order valence-corrected chi connectivity index (χ3v) is 11.8. The third-order valence-electron chi connectivity index (χ3n) is 10.9. The van der Waals surface area contributed by atoms with E-state index >= 15 is 0 Å². The number of nitrogens with one attached hydrogen (secondary N) is 3. The van der Waals surface area contributed by atoms with E-state index in [1.807, 2.05) is 78.2 Å². The van der Waals surface area contributed by atoms with Crippen LogP contribution >= 0.6 is 11.3 Å². The van der Waals surface area contributed by atoms with Gasteiger partial charge in [0.1, 0.15) is 17.7 Å². The number of aryl methyl sites for hydroxylation is 1. The summed E-state index contributed by atoms with van der Waals surface area (Å²) in [5.74, 6) is -0.286. The van der Waals surface area contributed by atoms with E-state index in [4.69, 9.17) is 4.74 Å². The van der Waals surface area contributed by atoms with Gasteiger partial charge in [0.05, 0.1) is 28.7 Å². The zero-order chi connectivity index (χ0) is 40.6. The predicted molar refractivity (Wildman–Crippen MR) is 218 cm³/mol. The first-order valence-electron chi connectivity index (χ1n) is 20.1. The molecule has 3 atom stereocenters. The Hall–Kier alpha value is -3.63. The van der Waals surface area contributed by atoms with E-state index in [9.17, 15) is 24.3 Å². The number of thiazole rings is 1. The molecule has 0 spiro atoms. The second-order valence-corrected chi connectivity index (χ2v) is 18.6. The average Bonchev–Trinajstić information content (AvgIpc) is 3.75. The third kappa shape index (κ3) is 12.7. The fourth-order valence-corrected chi connectivity index (χ4v) is 8.52. The van der Waals surface area contributed by atoms with Crippen LogP contribution in [0, 0.1) is 18.3 Å². The Morgan fingerprint density at radius 2 is 1.59 bits per heavy atom. The van der Waals surface area contributed by atoms with Crippen LogP contribution in [0.15, 0.2) is 29.8 Å². The minimum absolute atomic E-state index is 0.0363. The van der Waals surface area contributed by atoms with Crippen molar-refractivity contribution >= 4 is 35.2 Å². The molecule has 0 unspecified atom stereocenters. The van der Waals surface area contributed by atoms with E-state index in [0.29, 0.717) is 12.5 Å². The molecule has 3 fully saturated rings. The molecule has 1 aromatic carbocycles. The lowest BCUT2D eigenvalue weighted by atomic mass is 9.85. The van der Waals surface area contributed by atoms with Gasteiger partial charge in [0.15, 0.2) is 0 Å². The highest BCUT2D eigenvalue weighted by Gasteiger charge is 2.44. The summed E-state index contributed by atoms with van der Waals surface area (Å²) in [4.78, 5) is 66.8. The van der Waals surface area contributed by atoms with E-state index in [2.05, 4.69) is 35.6 Å². The first-order valence-corrected chi connectivity index (χ1v) is 21.0. The number of aliphatic hydroxyl groups is 1. The van der Waals surface area contributed by atoms with Crippen LogP contribution in [0.1, 0.15) is 72.1 Å². The molecule has 4 N–H and O–H groups in total. The highest BCUT2D eigenvalue weighted by Crippen LogP contribution is 2.28. The van der Waals surface area contributed by atoms with Crippen LogP contribution in [0.2, 0.25) is 0 Å². The number of aliphatic hydroxyl groups excluding tert-OH is 1. The van der Waals surface area contributed by atoms with Crippen LogP contribution in [0.3, 0.4) is 0 Å². The zero-order valence-corrected chi connectivity index (χ0v) is 35.3. The summed E-state index contributed by atoms with van der Waals surface area (Å²) in [6.45, 7) is 21.5. The summed E-state index contributed by atoms with van der Waals surface area (Å²) in [6, 6.07) is 6.26. The molecule has 0 bridgehead atoms. The number of ether oxygens (including phenoxy) is 1. The maximum Gasteiger partial charge on any atom is 0.407 e. The fraction of sp³-hybridized carbons (Fsp3) is 0.683. The molecule has 3 aliphatic heterocycles. The average molecular weight is 797 g/mol. The maximum atomic E-state index is 14.1. The molecule has 4 heterocycles. The van der Waals surface area contributed by atoms with Crippen LogP contribution in [-0.4, -0.2) is 149 Å². The van der Waals surface area contributed by atoms with Crippen molar-refractivity contribution in [1.82, 2.24) is 40.5 Å². The quantitative estimate of drug-likeness (QED) is 0.238. The number of aromatic nitrogens is 1. The molecule has 4 amide bonds. The molecule has 3 saturated heterocycles. The van der Waals surface area contributed by atoms with Crippen molar-refractivity contribution in [3.8, 4) is 10.4 Å². The highest BCUT2D eigenvalue weighted by molar-refractivity contribution is 7.13. The van der Waals surface area contributed by atoms with Gasteiger partial charge in [-0.05, 0) is 76.1 Å². The Morgan fingerprint density at radius 3 is 2.20 bits per heavy atom. The molecule has 0 radical (unpaired) electrons. The lowest BCUT2D eigenvalue weighted by molar-refractivity contribution is -0.144.